The second-order valence-electron chi connectivity index (χ2n) is 18.3. The zero-order chi connectivity index (χ0) is 53.0. The molecule has 20 heteroatoms. The minimum Gasteiger partial charge on any atom is -0.508 e. The molecule has 9 rings (SSSR count). The molecule has 1 saturated heterocycles. The molecule has 0 unspecified atom stereocenters. The summed E-state index contributed by atoms with van der Waals surface area (Å²) in [5.74, 6) is -6.73. The minimum atomic E-state index is -3.18. The SMILES string of the molecule is N#C[C@@H]1CC(F)(F)CN1C(=O)CNC(=O)c1ccnc2ccc(-c3ccc(OCCNC(=O)C4CCC(NC(=O)CNC(=O)c5ccc(C(=O)O)c(-c6c7ccc(=O)cc-7oc7cc(O)ccc67)c5)CC4)cc3)cc12. The molecule has 2 aliphatic carbocycles. The second-order valence-corrected chi connectivity index (χ2v) is 18.3. The Bertz CT molecular complexity index is 3480. The van der Waals surface area contributed by atoms with Crippen molar-refractivity contribution in [2.75, 3.05) is 32.8 Å². The van der Waals surface area contributed by atoms with Crippen molar-refractivity contribution in [1.29, 1.82) is 5.26 Å². The van der Waals surface area contributed by atoms with Crippen LogP contribution >= 0.6 is 0 Å². The number of carboxylic acid groups (broad SMARTS) is 1. The summed E-state index contributed by atoms with van der Waals surface area (Å²) < 4.78 is 39.5. The summed E-state index contributed by atoms with van der Waals surface area (Å²) in [4.78, 5) is 95.2. The van der Waals surface area contributed by atoms with Gasteiger partial charge in [-0.25, -0.2) is 13.6 Å². The number of benzene rings is 5. The standard InChI is InChI=1S/C55H47F2N7O11/c56-55(57)25-35(26-58)64(29-55)49(68)28-62-53(71)39-17-18-59-45-16-6-32(21-43(39)45)30-3-11-38(12-4-30)74-20-19-60-51(69)31-1-7-34(8-2-31)63-48(67)27-61-52(70)33-5-13-40(54(72)73)44(22-33)50-41-14-9-36(65)23-46(41)75-47-24-37(66)10-15-42(47)50/h3-6,9-18,21-24,31,34-35,65H,1-2,7-8,19-20,25,27-29H2,(H,60,69)(H,61,70)(H,62,71)(H,63,67)(H,72,73)/t31?,34?,35-/m0/s1. The molecule has 1 aromatic heterocycles. The van der Waals surface area contributed by atoms with Crippen LogP contribution in [0.15, 0.2) is 119 Å². The van der Waals surface area contributed by atoms with E-state index in [1.165, 1.54) is 60.8 Å². The van der Waals surface area contributed by atoms with Gasteiger partial charge in [0.05, 0.1) is 48.9 Å². The highest BCUT2D eigenvalue weighted by atomic mass is 19.3. The normalized spacial score (nSPS) is 17.0. The van der Waals surface area contributed by atoms with Crippen LogP contribution in [0.4, 0.5) is 8.78 Å². The molecular formula is C55H47F2N7O11. The molecule has 382 valence electrons. The van der Waals surface area contributed by atoms with Gasteiger partial charge in [-0.05, 0) is 115 Å². The lowest BCUT2D eigenvalue weighted by molar-refractivity contribution is -0.131. The van der Waals surface area contributed by atoms with Gasteiger partial charge in [0.2, 0.25) is 17.7 Å². The number of halogens is 2. The number of carbonyl (C=O) groups excluding carboxylic acids is 5. The number of rotatable bonds is 15. The van der Waals surface area contributed by atoms with Crippen LogP contribution < -0.4 is 31.4 Å². The van der Waals surface area contributed by atoms with Gasteiger partial charge in [-0.15, -0.1) is 0 Å². The quantitative estimate of drug-likeness (QED) is 0.0489. The molecular weight excluding hydrogens is 973 g/mol. The number of nitrogens with zero attached hydrogens (tertiary/aromatic N) is 3. The summed E-state index contributed by atoms with van der Waals surface area (Å²) in [7, 11) is 0. The van der Waals surface area contributed by atoms with Crippen molar-refractivity contribution in [3.05, 3.63) is 136 Å². The first-order chi connectivity index (χ1) is 36.0. The Morgan fingerprint density at radius 2 is 1.56 bits per heavy atom. The lowest BCUT2D eigenvalue weighted by atomic mass is 9.85. The van der Waals surface area contributed by atoms with Gasteiger partial charge in [-0.2, -0.15) is 5.26 Å². The molecule has 2 fully saturated rings. The van der Waals surface area contributed by atoms with Crippen molar-refractivity contribution in [3.63, 3.8) is 0 Å². The lowest BCUT2D eigenvalue weighted by Gasteiger charge is -2.28. The summed E-state index contributed by atoms with van der Waals surface area (Å²) in [6, 6.07) is 26.6. The minimum absolute atomic E-state index is 0.0720. The monoisotopic (exact) mass is 1020 g/mol. The van der Waals surface area contributed by atoms with Crippen LogP contribution in [-0.4, -0.2) is 106 Å². The van der Waals surface area contributed by atoms with E-state index in [2.05, 4.69) is 26.3 Å². The smallest absolute Gasteiger partial charge is 0.336 e. The number of aromatic hydroxyl groups is 1. The highest BCUT2D eigenvalue weighted by Crippen LogP contribution is 2.42. The van der Waals surface area contributed by atoms with Crippen LogP contribution in [0.1, 0.15) is 63.2 Å². The Morgan fingerprint density at radius 1 is 0.800 bits per heavy atom. The fraction of sp³-hybridized carbons (Fsp3) is 0.255. The number of ether oxygens (including phenoxy) is 1. The predicted molar refractivity (Wildman–Crippen MR) is 268 cm³/mol. The van der Waals surface area contributed by atoms with Crippen molar-refractivity contribution in [3.8, 4) is 51.1 Å². The highest BCUT2D eigenvalue weighted by Gasteiger charge is 2.47. The van der Waals surface area contributed by atoms with Crippen molar-refractivity contribution in [2.24, 2.45) is 5.92 Å². The number of phenols is 1. The molecule has 4 aromatic carbocycles. The van der Waals surface area contributed by atoms with Crippen LogP contribution in [0.25, 0.3) is 55.4 Å². The third-order valence-electron chi connectivity index (χ3n) is 13.3. The summed E-state index contributed by atoms with van der Waals surface area (Å²) in [6.45, 7) is -1.37. The largest absolute Gasteiger partial charge is 0.508 e. The first-order valence-electron chi connectivity index (χ1n) is 23.9. The van der Waals surface area contributed by atoms with Crippen molar-refractivity contribution in [2.45, 2.75) is 50.1 Å². The molecule has 1 atom stereocenters. The molecule has 0 radical (unpaired) electrons. The molecule has 6 N–H and O–H groups in total. The van der Waals surface area contributed by atoms with Gasteiger partial charge < -0.3 is 45.5 Å². The van der Waals surface area contributed by atoms with Gasteiger partial charge in [-0.3, -0.25) is 33.8 Å². The van der Waals surface area contributed by atoms with E-state index >= 15 is 0 Å². The maximum Gasteiger partial charge on any atom is 0.336 e. The molecule has 0 bridgehead atoms. The molecule has 0 spiro atoms. The molecule has 75 heavy (non-hydrogen) atoms. The topological polar surface area (TPSA) is 270 Å². The molecule has 3 heterocycles. The van der Waals surface area contributed by atoms with E-state index in [1.54, 1.807) is 36.4 Å². The van der Waals surface area contributed by atoms with Gasteiger partial charge in [0, 0.05) is 64.2 Å². The molecule has 18 nitrogen and oxygen atoms in total. The van der Waals surface area contributed by atoms with Crippen LogP contribution in [0.5, 0.6) is 11.5 Å². The van der Waals surface area contributed by atoms with Gasteiger partial charge >= 0.3 is 5.97 Å². The number of aromatic carboxylic acids is 1. The van der Waals surface area contributed by atoms with E-state index in [9.17, 15) is 57.8 Å². The Hall–Kier alpha value is -9.25. The first kappa shape index (κ1) is 50.7. The number of carboxylic acids is 1. The average Bonchev–Trinajstić information content (AvgIpc) is 3.74. The number of aromatic nitrogens is 1. The number of fused-ring (bicyclic) bond motifs is 3. The predicted octanol–water partition coefficient (Wildman–Crippen LogP) is 6.27. The van der Waals surface area contributed by atoms with E-state index in [0.717, 1.165) is 16.0 Å². The van der Waals surface area contributed by atoms with E-state index < -0.39 is 61.1 Å². The highest BCUT2D eigenvalue weighted by molar-refractivity contribution is 6.10. The van der Waals surface area contributed by atoms with Crippen molar-refractivity contribution >= 4 is 57.4 Å². The Morgan fingerprint density at radius 3 is 2.32 bits per heavy atom. The maximum atomic E-state index is 13.9. The Balaban J connectivity index is 0.720. The maximum absolute atomic E-state index is 13.9. The summed E-state index contributed by atoms with van der Waals surface area (Å²) in [6.07, 6.45) is 2.82. The number of pyridine rings is 1. The number of carbonyl (C=O) groups is 6. The molecule has 5 amide bonds. The van der Waals surface area contributed by atoms with Gasteiger partial charge in [0.15, 0.2) is 5.43 Å². The summed E-state index contributed by atoms with van der Waals surface area (Å²) in [5.41, 5.74) is 2.99. The average molecular weight is 1020 g/mol. The third kappa shape index (κ3) is 11.4. The number of hydrogen-bond donors (Lipinski definition) is 6. The number of hydrogen-bond acceptors (Lipinski definition) is 12. The van der Waals surface area contributed by atoms with E-state index in [-0.39, 0.29) is 82.3 Å². The second kappa shape index (κ2) is 21.5. The molecule has 1 saturated carbocycles. The fourth-order valence-electron chi connectivity index (χ4n) is 9.57. The van der Waals surface area contributed by atoms with Crippen LogP contribution in [0, 0.1) is 17.2 Å². The lowest BCUT2D eigenvalue weighted by Crippen LogP contribution is -2.44. The zero-order valence-corrected chi connectivity index (χ0v) is 39.9. The Labute approximate surface area is 425 Å². The number of alkyl halides is 2. The van der Waals surface area contributed by atoms with E-state index in [4.69, 9.17) is 9.15 Å². The van der Waals surface area contributed by atoms with Gasteiger partial charge in [0.25, 0.3) is 17.7 Å². The number of likely N-dealkylation sites (tertiary alicyclic amines) is 1. The van der Waals surface area contributed by atoms with E-state index in [0.29, 0.717) is 58.8 Å². The third-order valence-corrected chi connectivity index (χ3v) is 13.3. The van der Waals surface area contributed by atoms with E-state index in [1.807, 2.05) is 18.2 Å². The molecule has 4 aliphatic rings. The van der Waals surface area contributed by atoms with Crippen molar-refractivity contribution < 1.29 is 56.9 Å². The number of nitriles is 1. The number of phenolic OH excluding ortho intramolecular Hbond substituents is 1. The molecule has 2 aliphatic heterocycles. The van der Waals surface area contributed by atoms with Gasteiger partial charge in [-0.1, -0.05) is 18.2 Å². The first-order valence-corrected chi connectivity index (χ1v) is 23.9. The Kier molecular flexibility index (Phi) is 14.5. The van der Waals surface area contributed by atoms with Crippen LogP contribution in [-0.2, 0) is 14.4 Å². The van der Waals surface area contributed by atoms with Crippen LogP contribution in [0.3, 0.4) is 0 Å². The fourth-order valence-corrected chi connectivity index (χ4v) is 9.57. The number of amides is 5. The summed E-state index contributed by atoms with van der Waals surface area (Å²) >= 11 is 0. The molecule has 5 aromatic rings. The zero-order valence-electron chi connectivity index (χ0n) is 39.9. The van der Waals surface area contributed by atoms with Crippen molar-refractivity contribution in [1.82, 2.24) is 31.2 Å². The van der Waals surface area contributed by atoms with Gasteiger partial charge in [0.1, 0.15) is 35.5 Å². The number of nitrogens with one attached hydrogen (secondary N) is 4. The van der Waals surface area contributed by atoms with Crippen LogP contribution in [0.2, 0.25) is 0 Å². The summed E-state index contributed by atoms with van der Waals surface area (Å²) in [5, 5.41) is 41.4.